The molecule has 2 aromatic rings. The summed E-state index contributed by atoms with van der Waals surface area (Å²) in [5.41, 5.74) is 6.41. The highest BCUT2D eigenvalue weighted by Gasteiger charge is 2.02. The lowest BCUT2D eigenvalue weighted by molar-refractivity contribution is 0.296. The van der Waals surface area contributed by atoms with Crippen molar-refractivity contribution in [2.45, 2.75) is 19.9 Å². The van der Waals surface area contributed by atoms with Gasteiger partial charge in [0.25, 0.3) is 0 Å². The van der Waals surface area contributed by atoms with Crippen LogP contribution in [0.15, 0.2) is 36.7 Å². The molecule has 0 aliphatic carbocycles. The molecule has 0 unspecified atom stereocenters. The topological polar surface area (TPSA) is 53.1 Å². The quantitative estimate of drug-likeness (QED) is 0.821. The van der Waals surface area contributed by atoms with E-state index < -0.39 is 0 Å². The number of thiocarbonyl (C=S) groups is 1. The predicted molar refractivity (Wildman–Crippen MR) is 79.4 cm³/mol. The van der Waals surface area contributed by atoms with E-state index in [4.69, 9.17) is 22.7 Å². The zero-order valence-electron chi connectivity index (χ0n) is 10.9. The van der Waals surface area contributed by atoms with E-state index in [1.165, 1.54) is 0 Å². The lowest BCUT2D eigenvalue weighted by Gasteiger charge is -2.09. The van der Waals surface area contributed by atoms with Gasteiger partial charge in [-0.15, -0.1) is 0 Å². The van der Waals surface area contributed by atoms with Crippen LogP contribution in [0.3, 0.4) is 0 Å². The number of aryl methyl sites for hydroxylation is 1. The van der Waals surface area contributed by atoms with Gasteiger partial charge in [-0.05, 0) is 12.1 Å². The van der Waals surface area contributed by atoms with Gasteiger partial charge >= 0.3 is 0 Å². The third kappa shape index (κ3) is 3.54. The molecule has 1 heterocycles. The van der Waals surface area contributed by atoms with Crippen LogP contribution >= 0.6 is 12.2 Å². The Balaban J connectivity index is 1.92. The van der Waals surface area contributed by atoms with Gasteiger partial charge in [0.05, 0.1) is 6.54 Å². The molecule has 100 valence electrons. The third-order valence-electron chi connectivity index (χ3n) is 2.84. The van der Waals surface area contributed by atoms with Crippen molar-refractivity contribution >= 4 is 17.2 Å². The molecule has 0 saturated heterocycles. The van der Waals surface area contributed by atoms with Gasteiger partial charge in [0.15, 0.2) is 0 Å². The predicted octanol–water partition coefficient (Wildman–Crippen LogP) is 2.16. The van der Waals surface area contributed by atoms with E-state index in [9.17, 15) is 0 Å². The number of benzene rings is 1. The number of nitrogens with two attached hydrogens (primary N) is 1. The maximum Gasteiger partial charge on any atom is 0.120 e. The van der Waals surface area contributed by atoms with Crippen LogP contribution in [0.2, 0.25) is 0 Å². The molecular formula is C14H17N3OS. The zero-order valence-corrected chi connectivity index (χ0v) is 11.7. The van der Waals surface area contributed by atoms with Crippen molar-refractivity contribution in [3.8, 4) is 5.75 Å². The molecule has 0 aliphatic rings. The van der Waals surface area contributed by atoms with Crippen molar-refractivity contribution in [2.75, 3.05) is 6.61 Å². The normalized spacial score (nSPS) is 10.4. The molecule has 0 atom stereocenters. The molecule has 4 nitrogen and oxygen atoms in total. The summed E-state index contributed by atoms with van der Waals surface area (Å²) in [6, 6.07) is 7.52. The second-order valence-corrected chi connectivity index (χ2v) is 4.57. The SMILES string of the molecule is CCc1nccn1CCOc1cccc(C(N)=S)c1. The van der Waals surface area contributed by atoms with Crippen LogP contribution in [0, 0.1) is 0 Å². The van der Waals surface area contributed by atoms with Crippen molar-refractivity contribution in [3.05, 3.63) is 48.0 Å². The Morgan fingerprint density at radius 3 is 3.05 bits per heavy atom. The smallest absolute Gasteiger partial charge is 0.120 e. The molecule has 5 heteroatoms. The van der Waals surface area contributed by atoms with Crippen LogP contribution in [-0.4, -0.2) is 21.1 Å². The number of ether oxygens (including phenoxy) is 1. The minimum atomic E-state index is 0.383. The Morgan fingerprint density at radius 1 is 1.47 bits per heavy atom. The first kappa shape index (κ1) is 13.5. The van der Waals surface area contributed by atoms with Crippen LogP contribution in [0.4, 0.5) is 0 Å². The van der Waals surface area contributed by atoms with Gasteiger partial charge in [-0.1, -0.05) is 31.3 Å². The maximum absolute atomic E-state index is 5.71. The van der Waals surface area contributed by atoms with Crippen LogP contribution in [0.25, 0.3) is 0 Å². The zero-order chi connectivity index (χ0) is 13.7. The van der Waals surface area contributed by atoms with Gasteiger partial charge in [-0.3, -0.25) is 0 Å². The molecule has 1 aromatic carbocycles. The fourth-order valence-corrected chi connectivity index (χ4v) is 1.99. The highest BCUT2D eigenvalue weighted by molar-refractivity contribution is 7.80. The van der Waals surface area contributed by atoms with Gasteiger partial charge in [-0.2, -0.15) is 0 Å². The first-order valence-corrected chi connectivity index (χ1v) is 6.64. The molecular weight excluding hydrogens is 258 g/mol. The van der Waals surface area contributed by atoms with E-state index in [-0.39, 0.29) is 0 Å². The van der Waals surface area contributed by atoms with E-state index in [1.54, 1.807) is 0 Å². The minimum Gasteiger partial charge on any atom is -0.492 e. The Morgan fingerprint density at radius 2 is 2.32 bits per heavy atom. The van der Waals surface area contributed by atoms with E-state index in [0.717, 1.165) is 30.1 Å². The number of imidazole rings is 1. The van der Waals surface area contributed by atoms with Crippen LogP contribution in [0.5, 0.6) is 5.75 Å². The maximum atomic E-state index is 5.71. The average molecular weight is 275 g/mol. The second-order valence-electron chi connectivity index (χ2n) is 4.13. The first-order valence-electron chi connectivity index (χ1n) is 6.23. The van der Waals surface area contributed by atoms with E-state index in [1.807, 2.05) is 36.7 Å². The highest BCUT2D eigenvalue weighted by Crippen LogP contribution is 2.13. The van der Waals surface area contributed by atoms with Gasteiger partial charge in [0.2, 0.25) is 0 Å². The van der Waals surface area contributed by atoms with Crippen LogP contribution in [-0.2, 0) is 13.0 Å². The number of aromatic nitrogens is 2. The van der Waals surface area contributed by atoms with E-state index >= 15 is 0 Å². The Hall–Kier alpha value is -1.88. The first-order chi connectivity index (χ1) is 9.20. The number of rotatable bonds is 6. The standard InChI is InChI=1S/C14H17N3OS/c1-2-13-16-6-7-17(13)8-9-18-12-5-3-4-11(10-12)14(15)19/h3-7,10H,2,8-9H2,1H3,(H2,15,19). The number of nitrogens with zero attached hydrogens (tertiary/aromatic N) is 2. The van der Waals surface area contributed by atoms with Gasteiger partial charge < -0.3 is 15.0 Å². The molecule has 2 rings (SSSR count). The van der Waals surface area contributed by atoms with E-state index in [0.29, 0.717) is 11.6 Å². The summed E-state index contributed by atoms with van der Waals surface area (Å²) in [5.74, 6) is 1.85. The summed E-state index contributed by atoms with van der Waals surface area (Å²) in [7, 11) is 0. The van der Waals surface area contributed by atoms with Gasteiger partial charge in [-0.25, -0.2) is 4.98 Å². The summed E-state index contributed by atoms with van der Waals surface area (Å²) >= 11 is 4.94. The van der Waals surface area contributed by atoms with Crippen LogP contribution in [0.1, 0.15) is 18.3 Å². The number of hydrogen-bond acceptors (Lipinski definition) is 3. The van der Waals surface area contributed by atoms with Crippen molar-refractivity contribution in [2.24, 2.45) is 5.73 Å². The monoisotopic (exact) mass is 275 g/mol. The molecule has 1 aromatic heterocycles. The van der Waals surface area contributed by atoms with Gasteiger partial charge in [0.1, 0.15) is 23.2 Å². The van der Waals surface area contributed by atoms with Crippen molar-refractivity contribution < 1.29 is 4.74 Å². The summed E-state index contributed by atoms with van der Waals surface area (Å²) in [5, 5.41) is 0. The molecule has 0 amide bonds. The Bertz CT molecular complexity index is 565. The minimum absolute atomic E-state index is 0.383. The summed E-state index contributed by atoms with van der Waals surface area (Å²) in [4.78, 5) is 4.65. The van der Waals surface area contributed by atoms with Crippen molar-refractivity contribution in [1.82, 2.24) is 9.55 Å². The largest absolute Gasteiger partial charge is 0.492 e. The fourth-order valence-electron chi connectivity index (χ4n) is 1.86. The fraction of sp³-hybridized carbons (Fsp3) is 0.286. The van der Waals surface area contributed by atoms with Crippen molar-refractivity contribution in [1.29, 1.82) is 0 Å². The van der Waals surface area contributed by atoms with Crippen LogP contribution < -0.4 is 10.5 Å². The average Bonchev–Trinajstić information content (AvgIpc) is 2.86. The summed E-state index contributed by atoms with van der Waals surface area (Å²) < 4.78 is 7.80. The number of hydrogen-bond donors (Lipinski definition) is 1. The molecule has 0 spiro atoms. The Labute approximate surface area is 118 Å². The van der Waals surface area contributed by atoms with E-state index in [2.05, 4.69) is 16.5 Å². The molecule has 0 aliphatic heterocycles. The van der Waals surface area contributed by atoms with Crippen molar-refractivity contribution in [3.63, 3.8) is 0 Å². The summed E-state index contributed by atoms with van der Waals surface area (Å²) in [6.45, 7) is 3.45. The molecule has 0 bridgehead atoms. The lowest BCUT2D eigenvalue weighted by Crippen LogP contribution is -2.11. The second kappa shape index (κ2) is 6.33. The molecule has 2 N–H and O–H groups in total. The highest BCUT2D eigenvalue weighted by atomic mass is 32.1. The third-order valence-corrected chi connectivity index (χ3v) is 3.07. The summed E-state index contributed by atoms with van der Waals surface area (Å²) in [6.07, 6.45) is 4.70. The Kier molecular flexibility index (Phi) is 4.52. The molecule has 0 fully saturated rings. The molecule has 0 saturated carbocycles. The molecule has 19 heavy (non-hydrogen) atoms. The molecule has 0 radical (unpaired) electrons. The lowest BCUT2D eigenvalue weighted by atomic mass is 10.2. The van der Waals surface area contributed by atoms with Gasteiger partial charge in [0, 0.05) is 24.4 Å².